The maximum Gasteiger partial charge on any atom is 0.333 e. The van der Waals surface area contributed by atoms with Gasteiger partial charge in [0, 0.05) is 0 Å². The minimum atomic E-state index is -1.16. The summed E-state index contributed by atoms with van der Waals surface area (Å²) in [6.45, 7) is -1.28. The van der Waals surface area contributed by atoms with E-state index in [2.05, 4.69) is 9.78 Å². The second-order valence-electron chi connectivity index (χ2n) is 1.78. The summed E-state index contributed by atoms with van der Waals surface area (Å²) in [7, 11) is 0. The third-order valence-electron chi connectivity index (χ3n) is 0.737. The van der Waals surface area contributed by atoms with E-state index in [1.54, 1.807) is 0 Å². The smallest absolute Gasteiger partial charge is 0.333 e. The number of carboxylic acids is 1. The summed E-state index contributed by atoms with van der Waals surface area (Å²) < 4.78 is 0. The van der Waals surface area contributed by atoms with Crippen LogP contribution in [0.1, 0.15) is 0 Å². The van der Waals surface area contributed by atoms with Gasteiger partial charge in [-0.3, -0.25) is 0 Å². The zero-order chi connectivity index (χ0) is 8.69. The van der Waals surface area contributed by atoms with Crippen LogP contribution in [0.25, 0.3) is 0 Å². The first-order valence-electron chi connectivity index (χ1n) is 2.92. The molecule has 0 aliphatic rings. The molecule has 0 aliphatic carbocycles. The average molecular weight is 166 g/mol. The molecule has 6 heteroatoms. The monoisotopic (exact) mass is 166 g/mol. The molecular weight excluding hydrogens is 156 g/mol. The van der Waals surface area contributed by atoms with Crippen molar-refractivity contribution in [3.63, 3.8) is 0 Å². The molecule has 11 heavy (non-hydrogen) atoms. The van der Waals surface area contributed by atoms with Crippen LogP contribution in [0.4, 0.5) is 0 Å². The summed E-state index contributed by atoms with van der Waals surface area (Å²) in [6, 6.07) is 0. The summed E-state index contributed by atoms with van der Waals surface area (Å²) in [4.78, 5) is 18.1. The van der Waals surface area contributed by atoms with Crippen LogP contribution in [-0.4, -0.2) is 47.2 Å². The van der Waals surface area contributed by atoms with E-state index >= 15 is 0 Å². The molecule has 66 valence electrons. The van der Waals surface area contributed by atoms with Gasteiger partial charge in [-0.25, -0.2) is 14.6 Å². The summed E-state index contributed by atoms with van der Waals surface area (Å²) in [5, 5.41) is 24.9. The van der Waals surface area contributed by atoms with Crippen LogP contribution in [0.5, 0.6) is 0 Å². The quantitative estimate of drug-likeness (QED) is 0.249. The van der Waals surface area contributed by atoms with E-state index < -0.39 is 25.3 Å². The van der Waals surface area contributed by atoms with E-state index in [0.29, 0.717) is 0 Å². The highest BCUT2D eigenvalue weighted by molar-refractivity contribution is 5.67. The first kappa shape index (κ1) is 10.3. The summed E-state index contributed by atoms with van der Waals surface area (Å²) >= 11 is 0. The molecule has 0 bridgehead atoms. The topological polar surface area (TPSA) is 96.2 Å². The van der Waals surface area contributed by atoms with Crippen molar-refractivity contribution >= 4 is 5.97 Å². The Morgan fingerprint density at radius 3 is 2.55 bits per heavy atom. The lowest BCUT2D eigenvalue weighted by atomic mass is 10.4. The van der Waals surface area contributed by atoms with Crippen molar-refractivity contribution in [3.8, 4) is 0 Å². The Bertz CT molecular complexity index is 114. The van der Waals surface area contributed by atoms with E-state index in [-0.39, 0.29) is 6.61 Å². The predicted octanol–water partition coefficient (Wildman–Crippen LogP) is -1.63. The van der Waals surface area contributed by atoms with Crippen LogP contribution in [-0.2, 0) is 14.6 Å². The van der Waals surface area contributed by atoms with E-state index in [0.717, 1.165) is 0 Å². The number of rotatable bonds is 6. The van der Waals surface area contributed by atoms with Gasteiger partial charge in [-0.2, -0.15) is 0 Å². The summed E-state index contributed by atoms with van der Waals surface area (Å²) in [5.41, 5.74) is 0. The van der Waals surface area contributed by atoms with Gasteiger partial charge in [-0.15, -0.1) is 0 Å². The van der Waals surface area contributed by atoms with Gasteiger partial charge >= 0.3 is 5.97 Å². The second-order valence-corrected chi connectivity index (χ2v) is 1.78. The Morgan fingerprint density at radius 2 is 2.09 bits per heavy atom. The Labute approximate surface area is 62.9 Å². The highest BCUT2D eigenvalue weighted by atomic mass is 17.2. The van der Waals surface area contributed by atoms with Crippen LogP contribution in [0.15, 0.2) is 0 Å². The first-order chi connectivity index (χ1) is 5.16. The number of hydrogen-bond donors (Lipinski definition) is 3. The zero-order valence-electron chi connectivity index (χ0n) is 5.77. The Kier molecular flexibility index (Phi) is 5.67. The minimum absolute atomic E-state index is 0.246. The molecular formula is C5H10O6. The average Bonchev–Trinajstić information content (AvgIpc) is 1.97. The molecule has 0 aromatic rings. The number of aliphatic hydroxyl groups excluding tert-OH is 2. The third kappa shape index (κ3) is 7.20. The van der Waals surface area contributed by atoms with E-state index in [1.807, 2.05) is 0 Å². The van der Waals surface area contributed by atoms with Gasteiger partial charge < -0.3 is 15.3 Å². The number of carbonyl (C=O) groups is 1. The molecule has 0 rings (SSSR count). The van der Waals surface area contributed by atoms with Gasteiger partial charge in [0.15, 0.2) is 6.61 Å². The van der Waals surface area contributed by atoms with Gasteiger partial charge in [-0.1, -0.05) is 0 Å². The number of carboxylic acid groups (broad SMARTS) is 1. The molecule has 3 N–H and O–H groups in total. The summed E-state index contributed by atoms with van der Waals surface area (Å²) in [6.07, 6.45) is -1.04. The standard InChI is InChI=1S/C5H10O6/c6-1-4(7)2-10-11-3-5(8)9/h4,6-7H,1-3H2,(H,8,9). The highest BCUT2D eigenvalue weighted by Crippen LogP contribution is 1.84. The first-order valence-corrected chi connectivity index (χ1v) is 2.92. The lowest BCUT2D eigenvalue weighted by Gasteiger charge is -2.05. The fourth-order valence-corrected chi connectivity index (χ4v) is 0.271. The SMILES string of the molecule is O=C(O)COOCC(O)CO. The maximum absolute atomic E-state index is 9.80. The number of hydrogen-bond acceptors (Lipinski definition) is 5. The maximum atomic E-state index is 9.80. The fourth-order valence-electron chi connectivity index (χ4n) is 0.271. The molecule has 0 heterocycles. The van der Waals surface area contributed by atoms with E-state index in [9.17, 15) is 4.79 Å². The van der Waals surface area contributed by atoms with Gasteiger partial charge in [-0.05, 0) is 0 Å². The minimum Gasteiger partial charge on any atom is -0.479 e. The van der Waals surface area contributed by atoms with Crippen LogP contribution in [0.2, 0.25) is 0 Å². The molecule has 1 unspecified atom stereocenters. The van der Waals surface area contributed by atoms with E-state index in [1.165, 1.54) is 0 Å². The molecule has 0 amide bonds. The Morgan fingerprint density at radius 1 is 1.45 bits per heavy atom. The Balaban J connectivity index is 3.08. The zero-order valence-corrected chi connectivity index (χ0v) is 5.77. The van der Waals surface area contributed by atoms with Crippen molar-refractivity contribution in [2.75, 3.05) is 19.8 Å². The predicted molar refractivity (Wildman–Crippen MR) is 32.6 cm³/mol. The van der Waals surface area contributed by atoms with Gasteiger partial charge in [0.05, 0.1) is 6.61 Å². The molecule has 0 radical (unpaired) electrons. The lowest BCUT2D eigenvalue weighted by molar-refractivity contribution is -0.303. The van der Waals surface area contributed by atoms with Gasteiger partial charge in [0.25, 0.3) is 0 Å². The molecule has 0 aromatic carbocycles. The third-order valence-corrected chi connectivity index (χ3v) is 0.737. The summed E-state index contributed by atoms with van der Waals surface area (Å²) in [5.74, 6) is -1.16. The Hall–Kier alpha value is -0.690. The van der Waals surface area contributed by atoms with E-state index in [4.69, 9.17) is 15.3 Å². The van der Waals surface area contributed by atoms with Crippen LogP contribution in [0, 0.1) is 0 Å². The largest absolute Gasteiger partial charge is 0.479 e. The fraction of sp³-hybridized carbons (Fsp3) is 0.800. The molecule has 0 fully saturated rings. The molecule has 6 nitrogen and oxygen atoms in total. The normalized spacial score (nSPS) is 12.9. The molecule has 0 spiro atoms. The highest BCUT2D eigenvalue weighted by Gasteiger charge is 2.03. The van der Waals surface area contributed by atoms with Crippen molar-refractivity contribution in [2.45, 2.75) is 6.10 Å². The van der Waals surface area contributed by atoms with Crippen molar-refractivity contribution < 1.29 is 29.9 Å². The molecule has 0 saturated heterocycles. The van der Waals surface area contributed by atoms with Crippen LogP contribution in [0.3, 0.4) is 0 Å². The molecule has 0 aromatic heterocycles. The molecule has 1 atom stereocenters. The van der Waals surface area contributed by atoms with Crippen LogP contribution < -0.4 is 0 Å². The van der Waals surface area contributed by atoms with Crippen molar-refractivity contribution in [1.82, 2.24) is 0 Å². The van der Waals surface area contributed by atoms with Gasteiger partial charge in [0.1, 0.15) is 12.7 Å². The second kappa shape index (κ2) is 6.05. The van der Waals surface area contributed by atoms with Crippen molar-refractivity contribution in [2.24, 2.45) is 0 Å². The van der Waals surface area contributed by atoms with Crippen molar-refractivity contribution in [1.29, 1.82) is 0 Å². The number of aliphatic carboxylic acids is 1. The number of aliphatic hydroxyl groups is 2. The van der Waals surface area contributed by atoms with Crippen molar-refractivity contribution in [3.05, 3.63) is 0 Å². The molecule has 0 saturated carbocycles. The lowest BCUT2D eigenvalue weighted by Crippen LogP contribution is -2.20. The van der Waals surface area contributed by atoms with Gasteiger partial charge in [0.2, 0.25) is 0 Å². The van der Waals surface area contributed by atoms with Crippen LogP contribution >= 0.6 is 0 Å². The molecule has 0 aliphatic heterocycles.